The minimum absolute atomic E-state index is 0.135. The minimum Gasteiger partial charge on any atom is -0.350 e. The zero-order chi connectivity index (χ0) is 26.6. The van der Waals surface area contributed by atoms with E-state index in [2.05, 4.69) is 5.32 Å². The molecule has 2 amide bonds. The van der Waals surface area contributed by atoms with Gasteiger partial charge in [-0.3, -0.25) is 13.9 Å². The van der Waals surface area contributed by atoms with Crippen LogP contribution in [0.4, 0.5) is 5.69 Å². The van der Waals surface area contributed by atoms with Crippen molar-refractivity contribution in [2.24, 2.45) is 0 Å². The second kappa shape index (κ2) is 11.4. The highest BCUT2D eigenvalue weighted by molar-refractivity contribution is 7.92. The molecule has 0 bridgehead atoms. The quantitative estimate of drug-likeness (QED) is 0.528. The van der Waals surface area contributed by atoms with Crippen LogP contribution >= 0.6 is 11.6 Å². The van der Waals surface area contributed by atoms with Crippen molar-refractivity contribution < 1.29 is 18.0 Å². The molecular weight excluding hydrogens is 486 g/mol. The lowest BCUT2D eigenvalue weighted by Gasteiger charge is -2.34. The lowest BCUT2D eigenvalue weighted by molar-refractivity contribution is -0.141. The first kappa shape index (κ1) is 28.7. The van der Waals surface area contributed by atoms with Crippen molar-refractivity contribution in [1.29, 1.82) is 0 Å². The van der Waals surface area contributed by atoms with Crippen LogP contribution in [0, 0.1) is 13.8 Å². The highest BCUT2D eigenvalue weighted by Crippen LogP contribution is 2.26. The van der Waals surface area contributed by atoms with Crippen LogP contribution in [0.2, 0.25) is 5.02 Å². The van der Waals surface area contributed by atoms with E-state index in [-0.39, 0.29) is 12.5 Å². The van der Waals surface area contributed by atoms with E-state index >= 15 is 0 Å². The number of amides is 2. The summed E-state index contributed by atoms with van der Waals surface area (Å²) in [4.78, 5) is 28.4. The molecule has 35 heavy (non-hydrogen) atoms. The molecule has 0 aromatic heterocycles. The summed E-state index contributed by atoms with van der Waals surface area (Å²) in [6.45, 7) is 10.9. The lowest BCUT2D eigenvalue weighted by atomic mass is 10.1. The number of sulfonamides is 1. The number of nitrogens with zero attached hydrogens (tertiary/aromatic N) is 2. The molecule has 0 fully saturated rings. The Morgan fingerprint density at radius 2 is 1.66 bits per heavy atom. The van der Waals surface area contributed by atoms with Gasteiger partial charge >= 0.3 is 0 Å². The lowest BCUT2D eigenvalue weighted by Crippen LogP contribution is -2.55. The molecule has 1 atom stereocenters. The molecule has 0 heterocycles. The molecule has 7 nitrogen and oxygen atoms in total. The van der Waals surface area contributed by atoms with Crippen molar-refractivity contribution >= 4 is 39.1 Å². The molecule has 2 aromatic carbocycles. The molecule has 0 saturated carbocycles. The summed E-state index contributed by atoms with van der Waals surface area (Å²) in [5.41, 5.74) is 2.42. The van der Waals surface area contributed by atoms with Crippen LogP contribution in [0.1, 0.15) is 50.8 Å². The summed E-state index contributed by atoms with van der Waals surface area (Å²) in [6, 6.07) is 11.6. The van der Waals surface area contributed by atoms with E-state index in [4.69, 9.17) is 11.6 Å². The van der Waals surface area contributed by atoms with E-state index in [1.54, 1.807) is 36.4 Å². The smallest absolute Gasteiger partial charge is 0.244 e. The Balaban J connectivity index is 2.49. The Morgan fingerprint density at radius 3 is 2.17 bits per heavy atom. The van der Waals surface area contributed by atoms with E-state index in [0.717, 1.165) is 27.3 Å². The van der Waals surface area contributed by atoms with Crippen molar-refractivity contribution in [1.82, 2.24) is 10.2 Å². The van der Waals surface area contributed by atoms with Crippen molar-refractivity contribution in [3.63, 3.8) is 0 Å². The van der Waals surface area contributed by atoms with Gasteiger partial charge in [0, 0.05) is 17.1 Å². The van der Waals surface area contributed by atoms with Crippen LogP contribution in [0.25, 0.3) is 0 Å². The van der Waals surface area contributed by atoms with E-state index < -0.39 is 34.1 Å². The average Bonchev–Trinajstić information content (AvgIpc) is 2.73. The summed E-state index contributed by atoms with van der Waals surface area (Å²) in [7, 11) is -3.78. The highest BCUT2D eigenvalue weighted by atomic mass is 35.5. The normalized spacial score (nSPS) is 12.7. The van der Waals surface area contributed by atoms with Gasteiger partial charge in [0.05, 0.1) is 11.9 Å². The van der Waals surface area contributed by atoms with Gasteiger partial charge < -0.3 is 10.2 Å². The second-order valence-electron chi connectivity index (χ2n) is 9.80. The zero-order valence-corrected chi connectivity index (χ0v) is 23.1. The van der Waals surface area contributed by atoms with Gasteiger partial charge in [-0.15, -0.1) is 0 Å². The number of rotatable bonds is 9. The van der Waals surface area contributed by atoms with Gasteiger partial charge in [-0.05, 0) is 75.9 Å². The molecule has 0 spiro atoms. The van der Waals surface area contributed by atoms with Crippen molar-refractivity contribution in [2.45, 2.75) is 66.1 Å². The Hall–Kier alpha value is -2.58. The molecule has 0 aliphatic heterocycles. The SMILES string of the molecule is CCC(C(=O)NC(C)(C)C)N(Cc1ccc(Cl)cc1)C(=O)CN(c1cccc(C)c1C)S(C)(=O)=O. The summed E-state index contributed by atoms with van der Waals surface area (Å²) in [5.74, 6) is -0.762. The van der Waals surface area contributed by atoms with E-state index in [1.165, 1.54) is 4.90 Å². The van der Waals surface area contributed by atoms with Crippen LogP contribution in [0.15, 0.2) is 42.5 Å². The molecule has 0 radical (unpaired) electrons. The summed E-state index contributed by atoms with van der Waals surface area (Å²) in [5, 5.41) is 3.50. The summed E-state index contributed by atoms with van der Waals surface area (Å²) in [6.07, 6.45) is 1.44. The molecule has 192 valence electrons. The second-order valence-corrected chi connectivity index (χ2v) is 12.1. The van der Waals surface area contributed by atoms with Crippen LogP contribution in [0.5, 0.6) is 0 Å². The Bertz CT molecular complexity index is 1160. The molecule has 2 rings (SSSR count). The third-order valence-corrected chi connectivity index (χ3v) is 7.05. The van der Waals surface area contributed by atoms with Gasteiger partial charge in [0.25, 0.3) is 0 Å². The number of carbonyl (C=O) groups is 2. The largest absolute Gasteiger partial charge is 0.350 e. The van der Waals surface area contributed by atoms with Gasteiger partial charge in [0.2, 0.25) is 21.8 Å². The maximum atomic E-state index is 13.7. The zero-order valence-electron chi connectivity index (χ0n) is 21.6. The predicted molar refractivity (Wildman–Crippen MR) is 142 cm³/mol. The highest BCUT2D eigenvalue weighted by Gasteiger charge is 2.33. The predicted octanol–water partition coefficient (Wildman–Crippen LogP) is 4.44. The molecule has 0 aliphatic carbocycles. The fraction of sp³-hybridized carbons (Fsp3) is 0.462. The Kier molecular flexibility index (Phi) is 9.36. The number of nitrogens with one attached hydrogen (secondary N) is 1. The third-order valence-electron chi connectivity index (χ3n) is 5.67. The maximum absolute atomic E-state index is 13.7. The molecular formula is C26H36ClN3O4S. The molecule has 1 N–H and O–H groups in total. The van der Waals surface area contributed by atoms with Crippen molar-refractivity contribution in [3.05, 3.63) is 64.2 Å². The van der Waals surface area contributed by atoms with Crippen LogP contribution in [-0.2, 0) is 26.2 Å². The van der Waals surface area contributed by atoms with Crippen LogP contribution in [-0.4, -0.2) is 49.5 Å². The fourth-order valence-corrected chi connectivity index (χ4v) is 4.79. The van der Waals surface area contributed by atoms with Gasteiger partial charge in [-0.2, -0.15) is 0 Å². The van der Waals surface area contributed by atoms with Gasteiger partial charge in [-0.1, -0.05) is 42.8 Å². The molecule has 9 heteroatoms. The van der Waals surface area contributed by atoms with Crippen LogP contribution in [0.3, 0.4) is 0 Å². The first-order valence-electron chi connectivity index (χ1n) is 11.5. The number of hydrogen-bond acceptors (Lipinski definition) is 4. The van der Waals surface area contributed by atoms with Crippen molar-refractivity contribution in [2.75, 3.05) is 17.1 Å². The van der Waals surface area contributed by atoms with Gasteiger partial charge in [0.1, 0.15) is 12.6 Å². The topological polar surface area (TPSA) is 86.8 Å². The molecule has 0 aliphatic rings. The molecule has 2 aromatic rings. The average molecular weight is 522 g/mol. The number of aryl methyl sites for hydroxylation is 1. The first-order chi connectivity index (χ1) is 16.1. The Labute approximate surface area is 214 Å². The monoisotopic (exact) mass is 521 g/mol. The van der Waals surface area contributed by atoms with Crippen LogP contribution < -0.4 is 9.62 Å². The van der Waals surface area contributed by atoms with E-state index in [9.17, 15) is 18.0 Å². The van der Waals surface area contributed by atoms with Gasteiger partial charge in [0.15, 0.2) is 0 Å². The number of hydrogen-bond donors (Lipinski definition) is 1. The number of halogens is 1. The summed E-state index contributed by atoms with van der Waals surface area (Å²) < 4.78 is 26.7. The van der Waals surface area contributed by atoms with Gasteiger partial charge in [-0.25, -0.2) is 8.42 Å². The first-order valence-corrected chi connectivity index (χ1v) is 13.8. The summed E-state index contributed by atoms with van der Waals surface area (Å²) >= 11 is 6.02. The number of anilines is 1. The standard InChI is InChI=1S/C26H36ClN3O4S/c1-8-22(25(32)28-26(4,5)6)29(16-20-12-14-21(27)15-13-20)24(31)17-30(35(7,33)34)23-11-9-10-18(2)19(23)3/h9-15,22H,8,16-17H2,1-7H3,(H,28,32). The van der Waals surface area contributed by atoms with E-state index in [1.807, 2.05) is 47.6 Å². The third kappa shape index (κ3) is 7.97. The molecule has 0 saturated heterocycles. The number of benzene rings is 2. The van der Waals surface area contributed by atoms with E-state index in [0.29, 0.717) is 17.1 Å². The maximum Gasteiger partial charge on any atom is 0.244 e. The van der Waals surface area contributed by atoms with Crippen molar-refractivity contribution in [3.8, 4) is 0 Å². The number of carbonyl (C=O) groups excluding carboxylic acids is 2. The molecule has 1 unspecified atom stereocenters. The Morgan fingerprint density at radius 1 is 1.06 bits per heavy atom. The minimum atomic E-state index is -3.78. The fourth-order valence-electron chi connectivity index (χ4n) is 3.76.